The highest BCUT2D eigenvalue weighted by Crippen LogP contribution is 2.23. The van der Waals surface area contributed by atoms with E-state index in [1.54, 1.807) is 42.7 Å². The van der Waals surface area contributed by atoms with Crippen LogP contribution < -0.4 is 10.5 Å². The molecule has 0 unspecified atom stereocenters. The van der Waals surface area contributed by atoms with Gasteiger partial charge in [-0.3, -0.25) is 4.79 Å². The van der Waals surface area contributed by atoms with Gasteiger partial charge in [0.2, 0.25) is 0 Å². The van der Waals surface area contributed by atoms with Crippen molar-refractivity contribution in [2.45, 2.75) is 6.54 Å². The summed E-state index contributed by atoms with van der Waals surface area (Å²) in [5.41, 5.74) is 7.63. The maximum Gasteiger partial charge on any atom is 0.257 e. The molecule has 0 spiro atoms. The number of carbonyl (C=O) groups excluding carboxylic acids is 1. The molecule has 1 aromatic heterocycles. The van der Waals surface area contributed by atoms with Crippen LogP contribution in [0.15, 0.2) is 41.2 Å². The monoisotopic (exact) mass is 260 g/mol. The maximum absolute atomic E-state index is 12.4. The molecule has 0 fully saturated rings. The van der Waals surface area contributed by atoms with Crippen LogP contribution >= 0.6 is 0 Å². The summed E-state index contributed by atoms with van der Waals surface area (Å²) in [5, 5.41) is 0. The maximum atomic E-state index is 12.4. The Bertz CT molecular complexity index is 564. The van der Waals surface area contributed by atoms with Crippen LogP contribution in [0.1, 0.15) is 15.9 Å². The minimum Gasteiger partial charge on any atom is -0.496 e. The number of anilines is 1. The molecule has 5 heteroatoms. The number of hydrogen-bond acceptors (Lipinski definition) is 4. The summed E-state index contributed by atoms with van der Waals surface area (Å²) in [6.45, 7) is 0.466. The first-order valence-electron chi connectivity index (χ1n) is 5.82. The topological polar surface area (TPSA) is 68.7 Å². The molecule has 1 amide bonds. The first-order valence-corrected chi connectivity index (χ1v) is 5.82. The fraction of sp³-hybridized carbons (Fsp3) is 0.214. The van der Waals surface area contributed by atoms with Crippen LogP contribution in [0.5, 0.6) is 5.75 Å². The second-order valence-corrected chi connectivity index (χ2v) is 4.25. The summed E-state index contributed by atoms with van der Waals surface area (Å²) in [4.78, 5) is 13.9. The lowest BCUT2D eigenvalue weighted by Crippen LogP contribution is -2.26. The van der Waals surface area contributed by atoms with Gasteiger partial charge in [-0.15, -0.1) is 0 Å². The van der Waals surface area contributed by atoms with Gasteiger partial charge < -0.3 is 19.8 Å². The Balaban J connectivity index is 2.21. The molecule has 0 saturated carbocycles. The molecule has 1 heterocycles. The van der Waals surface area contributed by atoms with Crippen molar-refractivity contribution in [3.63, 3.8) is 0 Å². The fourth-order valence-electron chi connectivity index (χ4n) is 1.83. The van der Waals surface area contributed by atoms with E-state index in [0.29, 0.717) is 23.5 Å². The number of nitrogens with zero attached hydrogens (tertiary/aromatic N) is 1. The first kappa shape index (κ1) is 13.0. The minimum absolute atomic E-state index is 0.148. The van der Waals surface area contributed by atoms with E-state index < -0.39 is 0 Å². The average Bonchev–Trinajstić information content (AvgIpc) is 2.90. The Labute approximate surface area is 111 Å². The zero-order valence-electron chi connectivity index (χ0n) is 10.9. The summed E-state index contributed by atoms with van der Waals surface area (Å²) in [6, 6.07) is 6.83. The molecule has 5 nitrogen and oxygen atoms in total. The molecule has 0 aliphatic rings. The van der Waals surface area contributed by atoms with Gasteiger partial charge in [0.15, 0.2) is 0 Å². The predicted octanol–water partition coefficient (Wildman–Crippen LogP) is 2.14. The fourth-order valence-corrected chi connectivity index (χ4v) is 1.83. The van der Waals surface area contributed by atoms with Crippen LogP contribution in [0.2, 0.25) is 0 Å². The highest BCUT2D eigenvalue weighted by atomic mass is 16.5. The number of amides is 1. The van der Waals surface area contributed by atoms with Gasteiger partial charge in [0.05, 0.1) is 25.2 Å². The van der Waals surface area contributed by atoms with Crippen molar-refractivity contribution >= 4 is 11.6 Å². The molecule has 2 aromatic rings. The quantitative estimate of drug-likeness (QED) is 0.855. The first-order chi connectivity index (χ1) is 9.11. The van der Waals surface area contributed by atoms with Gasteiger partial charge >= 0.3 is 0 Å². The Morgan fingerprint density at radius 3 is 2.84 bits per heavy atom. The van der Waals surface area contributed by atoms with Crippen LogP contribution in [-0.4, -0.2) is 25.0 Å². The van der Waals surface area contributed by atoms with Gasteiger partial charge in [-0.2, -0.15) is 0 Å². The number of ether oxygens (including phenoxy) is 1. The Kier molecular flexibility index (Phi) is 3.75. The molecule has 2 rings (SSSR count). The molecule has 0 radical (unpaired) electrons. The van der Waals surface area contributed by atoms with Crippen LogP contribution in [0.25, 0.3) is 0 Å². The smallest absolute Gasteiger partial charge is 0.257 e. The number of furan rings is 1. The van der Waals surface area contributed by atoms with E-state index in [1.807, 2.05) is 6.07 Å². The summed E-state index contributed by atoms with van der Waals surface area (Å²) in [5.74, 6) is 0.364. The van der Waals surface area contributed by atoms with Crippen molar-refractivity contribution in [2.75, 3.05) is 19.9 Å². The minimum atomic E-state index is -0.148. The zero-order chi connectivity index (χ0) is 13.8. The van der Waals surface area contributed by atoms with Crippen molar-refractivity contribution in [1.29, 1.82) is 0 Å². The summed E-state index contributed by atoms with van der Waals surface area (Å²) >= 11 is 0. The summed E-state index contributed by atoms with van der Waals surface area (Å²) in [7, 11) is 3.25. The van der Waals surface area contributed by atoms with E-state index in [1.165, 1.54) is 7.11 Å². The normalized spacial score (nSPS) is 10.2. The second-order valence-electron chi connectivity index (χ2n) is 4.25. The lowest BCUT2D eigenvalue weighted by molar-refractivity contribution is 0.0781. The molecule has 0 saturated heterocycles. The third-order valence-corrected chi connectivity index (χ3v) is 2.80. The molecule has 100 valence electrons. The number of hydrogen-bond donors (Lipinski definition) is 1. The van der Waals surface area contributed by atoms with Gasteiger partial charge in [0.25, 0.3) is 5.91 Å². The Morgan fingerprint density at radius 2 is 2.21 bits per heavy atom. The molecule has 0 aliphatic heterocycles. The van der Waals surface area contributed by atoms with E-state index in [2.05, 4.69) is 0 Å². The number of nitrogens with two attached hydrogens (primary N) is 1. The molecular weight excluding hydrogens is 244 g/mol. The third kappa shape index (κ3) is 2.88. The van der Waals surface area contributed by atoms with Gasteiger partial charge in [0.1, 0.15) is 5.75 Å². The number of methoxy groups -OCH3 is 1. The van der Waals surface area contributed by atoms with E-state index in [9.17, 15) is 4.79 Å². The molecule has 0 bridgehead atoms. The number of rotatable bonds is 4. The van der Waals surface area contributed by atoms with Crippen molar-refractivity contribution < 1.29 is 13.9 Å². The Hall–Kier alpha value is -2.43. The highest BCUT2D eigenvalue weighted by molar-refractivity contribution is 5.97. The lowest BCUT2D eigenvalue weighted by atomic mass is 10.1. The molecule has 0 aliphatic carbocycles. The van der Waals surface area contributed by atoms with Crippen molar-refractivity contribution in [3.8, 4) is 5.75 Å². The van der Waals surface area contributed by atoms with Crippen LogP contribution in [0.4, 0.5) is 5.69 Å². The van der Waals surface area contributed by atoms with E-state index in [0.717, 1.165) is 5.56 Å². The highest BCUT2D eigenvalue weighted by Gasteiger charge is 2.17. The number of benzene rings is 1. The average molecular weight is 260 g/mol. The summed E-state index contributed by atoms with van der Waals surface area (Å²) in [6.07, 6.45) is 3.19. The van der Waals surface area contributed by atoms with E-state index >= 15 is 0 Å². The largest absolute Gasteiger partial charge is 0.496 e. The van der Waals surface area contributed by atoms with Crippen LogP contribution in [0, 0.1) is 0 Å². The molecular formula is C14H16N2O3. The van der Waals surface area contributed by atoms with E-state index in [-0.39, 0.29) is 5.91 Å². The molecule has 0 atom stereocenters. The van der Waals surface area contributed by atoms with E-state index in [4.69, 9.17) is 14.9 Å². The van der Waals surface area contributed by atoms with Gasteiger partial charge in [0, 0.05) is 24.8 Å². The van der Waals surface area contributed by atoms with Crippen molar-refractivity contribution in [2.24, 2.45) is 0 Å². The Morgan fingerprint density at radius 1 is 1.42 bits per heavy atom. The summed E-state index contributed by atoms with van der Waals surface area (Å²) < 4.78 is 10.2. The van der Waals surface area contributed by atoms with Crippen LogP contribution in [-0.2, 0) is 6.54 Å². The van der Waals surface area contributed by atoms with Crippen LogP contribution in [0.3, 0.4) is 0 Å². The van der Waals surface area contributed by atoms with Gasteiger partial charge in [-0.05, 0) is 24.3 Å². The predicted molar refractivity (Wildman–Crippen MR) is 71.9 cm³/mol. The van der Waals surface area contributed by atoms with Gasteiger partial charge in [-0.25, -0.2) is 0 Å². The second kappa shape index (κ2) is 5.48. The van der Waals surface area contributed by atoms with Crippen molar-refractivity contribution in [3.05, 3.63) is 47.9 Å². The number of carbonyl (C=O) groups is 1. The SMILES string of the molecule is COc1ccc(N)cc1C(=O)N(C)Cc1ccoc1. The zero-order valence-corrected chi connectivity index (χ0v) is 10.9. The number of nitrogen functional groups attached to an aromatic ring is 1. The standard InChI is InChI=1S/C14H16N2O3/c1-16(8-10-5-6-19-9-10)14(17)12-7-11(15)3-4-13(12)18-2/h3-7,9H,8,15H2,1-2H3. The van der Waals surface area contributed by atoms with Gasteiger partial charge in [-0.1, -0.05) is 0 Å². The molecule has 1 aromatic carbocycles. The molecule has 19 heavy (non-hydrogen) atoms. The molecule has 2 N–H and O–H groups in total. The van der Waals surface area contributed by atoms with Crippen molar-refractivity contribution in [1.82, 2.24) is 4.90 Å². The lowest BCUT2D eigenvalue weighted by Gasteiger charge is -2.18. The third-order valence-electron chi connectivity index (χ3n) is 2.80.